The lowest BCUT2D eigenvalue weighted by Gasteiger charge is -2.36. The van der Waals surface area contributed by atoms with Gasteiger partial charge < -0.3 is 0 Å². The summed E-state index contributed by atoms with van der Waals surface area (Å²) >= 11 is 0. The third kappa shape index (κ3) is 3.46. The molecule has 1 saturated carbocycles. The Bertz CT molecular complexity index is 1120. The Morgan fingerprint density at radius 1 is 0.929 bits per heavy atom. The molecule has 0 saturated heterocycles. The number of rotatable bonds is 5. The van der Waals surface area contributed by atoms with Crippen LogP contribution in [0.25, 0.3) is 10.8 Å². The van der Waals surface area contributed by atoms with Gasteiger partial charge in [-0.05, 0) is 53.6 Å². The third-order valence-electron chi connectivity index (χ3n) is 5.74. The Kier molecular flexibility index (Phi) is 4.46. The second-order valence-corrected chi connectivity index (χ2v) is 9.37. The van der Waals surface area contributed by atoms with Crippen molar-refractivity contribution >= 4 is 20.9 Å². The van der Waals surface area contributed by atoms with Crippen molar-refractivity contribution in [3.05, 3.63) is 77.9 Å². The van der Waals surface area contributed by atoms with Crippen molar-refractivity contribution < 1.29 is 12.6 Å². The van der Waals surface area contributed by atoms with E-state index >= 15 is 0 Å². The van der Waals surface area contributed by atoms with Gasteiger partial charge in [0.05, 0.1) is 4.90 Å². The molecular formula is C23H23NO3S. The van der Waals surface area contributed by atoms with Crippen molar-refractivity contribution in [2.24, 2.45) is 5.92 Å². The van der Waals surface area contributed by atoms with Gasteiger partial charge in [0, 0.05) is 18.7 Å². The minimum atomic E-state index is -3.88. The van der Waals surface area contributed by atoms with E-state index in [1.807, 2.05) is 48.5 Å². The SMILES string of the molecule is O=S(=O)(OC1c2ccccc2CCN1CC1CC1)c1ccc2ccccc2c1. The molecule has 5 heteroatoms. The number of fused-ring (bicyclic) bond motifs is 2. The molecule has 5 rings (SSSR count). The van der Waals surface area contributed by atoms with Crippen LogP contribution in [0.1, 0.15) is 30.2 Å². The number of nitrogens with zero attached hydrogens (tertiary/aromatic N) is 1. The maximum Gasteiger partial charge on any atom is 0.298 e. The topological polar surface area (TPSA) is 46.6 Å². The van der Waals surface area contributed by atoms with E-state index in [4.69, 9.17) is 4.18 Å². The summed E-state index contributed by atoms with van der Waals surface area (Å²) in [6.45, 7) is 1.72. The summed E-state index contributed by atoms with van der Waals surface area (Å²) in [5.41, 5.74) is 2.15. The molecule has 2 aliphatic rings. The van der Waals surface area contributed by atoms with Gasteiger partial charge in [0.25, 0.3) is 10.1 Å². The molecule has 0 amide bonds. The van der Waals surface area contributed by atoms with Crippen LogP contribution >= 0.6 is 0 Å². The summed E-state index contributed by atoms with van der Waals surface area (Å²) in [6.07, 6.45) is 2.82. The molecule has 1 fully saturated rings. The van der Waals surface area contributed by atoms with Gasteiger partial charge in [0.2, 0.25) is 0 Å². The van der Waals surface area contributed by atoms with Gasteiger partial charge in [-0.2, -0.15) is 8.42 Å². The zero-order chi connectivity index (χ0) is 19.1. The first-order valence-electron chi connectivity index (χ1n) is 9.84. The molecule has 0 aromatic heterocycles. The Balaban J connectivity index is 1.50. The van der Waals surface area contributed by atoms with E-state index in [0.29, 0.717) is 5.92 Å². The quantitative estimate of drug-likeness (QED) is 0.598. The zero-order valence-electron chi connectivity index (χ0n) is 15.6. The van der Waals surface area contributed by atoms with Gasteiger partial charge >= 0.3 is 0 Å². The van der Waals surface area contributed by atoms with Crippen LogP contribution in [0.2, 0.25) is 0 Å². The van der Waals surface area contributed by atoms with Crippen LogP contribution in [-0.2, 0) is 20.7 Å². The highest BCUT2D eigenvalue weighted by molar-refractivity contribution is 7.86. The largest absolute Gasteiger partial charge is 0.298 e. The van der Waals surface area contributed by atoms with E-state index in [0.717, 1.165) is 35.8 Å². The predicted molar refractivity (Wildman–Crippen MR) is 109 cm³/mol. The number of hydrogen-bond acceptors (Lipinski definition) is 4. The molecule has 0 radical (unpaired) electrons. The van der Waals surface area contributed by atoms with Crippen LogP contribution in [-0.4, -0.2) is 26.4 Å². The fourth-order valence-corrected chi connectivity index (χ4v) is 5.09. The summed E-state index contributed by atoms with van der Waals surface area (Å²) in [5.74, 6) is 0.666. The molecule has 4 nitrogen and oxygen atoms in total. The molecule has 1 aliphatic carbocycles. The second kappa shape index (κ2) is 6.99. The van der Waals surface area contributed by atoms with Crippen LogP contribution in [0, 0.1) is 5.92 Å². The highest BCUT2D eigenvalue weighted by Crippen LogP contribution is 2.38. The molecule has 0 bridgehead atoms. The average molecular weight is 394 g/mol. The molecule has 1 heterocycles. The van der Waals surface area contributed by atoms with Crippen molar-refractivity contribution in [3.8, 4) is 0 Å². The molecule has 1 aliphatic heterocycles. The first kappa shape index (κ1) is 17.9. The number of hydrogen-bond donors (Lipinski definition) is 0. The van der Waals surface area contributed by atoms with E-state index < -0.39 is 16.3 Å². The molecular weight excluding hydrogens is 370 g/mol. The summed E-state index contributed by atoms with van der Waals surface area (Å²) in [4.78, 5) is 2.40. The summed E-state index contributed by atoms with van der Waals surface area (Å²) in [7, 11) is -3.88. The maximum atomic E-state index is 13.2. The van der Waals surface area contributed by atoms with Crippen LogP contribution < -0.4 is 0 Å². The van der Waals surface area contributed by atoms with Crippen LogP contribution in [0.4, 0.5) is 0 Å². The van der Waals surface area contributed by atoms with Crippen LogP contribution in [0.15, 0.2) is 71.6 Å². The molecule has 28 heavy (non-hydrogen) atoms. The smallest absolute Gasteiger partial charge is 0.273 e. The molecule has 0 spiro atoms. The van der Waals surface area contributed by atoms with E-state index in [2.05, 4.69) is 11.0 Å². The van der Waals surface area contributed by atoms with Crippen molar-refractivity contribution in [1.29, 1.82) is 0 Å². The lowest BCUT2D eigenvalue weighted by atomic mass is 9.98. The molecule has 1 unspecified atom stereocenters. The fourth-order valence-electron chi connectivity index (χ4n) is 4.01. The summed E-state index contributed by atoms with van der Waals surface area (Å²) in [5, 5.41) is 1.91. The van der Waals surface area contributed by atoms with Crippen LogP contribution in [0.3, 0.4) is 0 Å². The molecule has 0 N–H and O–H groups in total. The van der Waals surface area contributed by atoms with Gasteiger partial charge in [-0.1, -0.05) is 54.6 Å². The average Bonchev–Trinajstić information content (AvgIpc) is 3.53. The third-order valence-corrected chi connectivity index (χ3v) is 7.01. The van der Waals surface area contributed by atoms with Gasteiger partial charge in [-0.15, -0.1) is 0 Å². The molecule has 1 atom stereocenters. The summed E-state index contributed by atoms with van der Waals surface area (Å²) in [6, 6.07) is 21.0. The Hall–Kier alpha value is -2.21. The van der Waals surface area contributed by atoms with Gasteiger partial charge in [0.1, 0.15) is 0 Å². The fraction of sp³-hybridized carbons (Fsp3) is 0.304. The first-order chi connectivity index (χ1) is 13.6. The minimum Gasteiger partial charge on any atom is -0.273 e. The van der Waals surface area contributed by atoms with Gasteiger partial charge in [-0.3, -0.25) is 4.90 Å². The zero-order valence-corrected chi connectivity index (χ0v) is 16.4. The van der Waals surface area contributed by atoms with Gasteiger partial charge in [-0.25, -0.2) is 4.18 Å². The monoisotopic (exact) mass is 393 g/mol. The molecule has 3 aromatic carbocycles. The first-order valence-corrected chi connectivity index (χ1v) is 11.2. The van der Waals surface area contributed by atoms with E-state index in [1.54, 1.807) is 12.1 Å². The highest BCUT2D eigenvalue weighted by Gasteiger charge is 2.36. The Morgan fingerprint density at radius 3 is 2.50 bits per heavy atom. The van der Waals surface area contributed by atoms with Crippen molar-refractivity contribution in [3.63, 3.8) is 0 Å². The normalized spacial score (nSPS) is 20.2. The van der Waals surface area contributed by atoms with Gasteiger partial charge in [0.15, 0.2) is 6.23 Å². The number of benzene rings is 3. The summed E-state index contributed by atoms with van der Waals surface area (Å²) < 4.78 is 32.2. The standard InChI is InChI=1S/C23H23NO3S/c25-28(26,21-12-11-18-5-1-2-7-20(18)15-21)27-23-22-8-4-3-6-19(22)13-14-24(23)16-17-9-10-17/h1-8,11-12,15,17,23H,9-10,13-14,16H2. The van der Waals surface area contributed by atoms with Crippen molar-refractivity contribution in [2.75, 3.05) is 13.1 Å². The van der Waals surface area contributed by atoms with Crippen molar-refractivity contribution in [1.82, 2.24) is 4.90 Å². The van der Waals surface area contributed by atoms with Crippen molar-refractivity contribution in [2.45, 2.75) is 30.4 Å². The van der Waals surface area contributed by atoms with E-state index in [-0.39, 0.29) is 4.90 Å². The Morgan fingerprint density at radius 2 is 1.68 bits per heavy atom. The lowest BCUT2D eigenvalue weighted by molar-refractivity contribution is 0.0169. The van der Waals surface area contributed by atoms with E-state index in [1.165, 1.54) is 18.4 Å². The lowest BCUT2D eigenvalue weighted by Crippen LogP contribution is -2.39. The predicted octanol–water partition coefficient (Wildman–Crippen LogP) is 4.51. The molecule has 3 aromatic rings. The second-order valence-electron chi connectivity index (χ2n) is 7.80. The Labute approximate surface area is 165 Å². The maximum absolute atomic E-state index is 13.2. The molecule has 144 valence electrons. The highest BCUT2D eigenvalue weighted by atomic mass is 32.2. The minimum absolute atomic E-state index is 0.209. The van der Waals surface area contributed by atoms with E-state index in [9.17, 15) is 8.42 Å². The van der Waals surface area contributed by atoms with Crippen LogP contribution in [0.5, 0.6) is 0 Å².